The molecule has 1 fully saturated rings. The Hall–Kier alpha value is -2.63. The quantitative estimate of drug-likeness (QED) is 0.404. The second-order valence-corrected chi connectivity index (χ2v) is 7.88. The van der Waals surface area contributed by atoms with Crippen LogP contribution in [-0.4, -0.2) is 52.8 Å². The molecule has 1 unspecified atom stereocenters. The minimum atomic E-state index is -0.680. The van der Waals surface area contributed by atoms with Gasteiger partial charge in [0, 0.05) is 23.7 Å². The fourth-order valence-electron chi connectivity index (χ4n) is 3.79. The number of carbonyl (C=O) groups excluding carboxylic acids is 2. The van der Waals surface area contributed by atoms with E-state index in [0.29, 0.717) is 29.2 Å². The molecule has 0 aromatic heterocycles. The zero-order chi connectivity index (χ0) is 21.8. The molecule has 1 aliphatic heterocycles. The number of aliphatic hydroxyl groups excluding tert-OH is 1. The van der Waals surface area contributed by atoms with Gasteiger partial charge in [0.05, 0.1) is 11.6 Å². The summed E-state index contributed by atoms with van der Waals surface area (Å²) in [5.41, 5.74) is 2.35. The van der Waals surface area contributed by atoms with Crippen molar-refractivity contribution in [3.05, 3.63) is 75.8 Å². The minimum absolute atomic E-state index is 0.102. The Bertz CT molecular complexity index is 965. The summed E-state index contributed by atoms with van der Waals surface area (Å²) in [4.78, 5) is 29.7. The number of likely N-dealkylation sites (tertiary alicyclic amines) is 1. The highest BCUT2D eigenvalue weighted by molar-refractivity contribution is 6.46. The minimum Gasteiger partial charge on any atom is -0.507 e. The third-order valence-electron chi connectivity index (χ3n) is 5.58. The topological polar surface area (TPSA) is 60.9 Å². The van der Waals surface area contributed by atoms with Crippen LogP contribution < -0.4 is 0 Å². The summed E-state index contributed by atoms with van der Waals surface area (Å²) < 4.78 is 0. The number of Topliss-reactive ketones (excluding diaryl/α,β-unsaturated/α-hetero) is 1. The molecule has 1 aliphatic rings. The normalized spacial score (nSPS) is 18.4. The van der Waals surface area contributed by atoms with E-state index in [1.165, 1.54) is 0 Å². The van der Waals surface area contributed by atoms with Crippen LogP contribution in [0.25, 0.3) is 5.76 Å². The molecule has 6 heteroatoms. The largest absolute Gasteiger partial charge is 0.507 e. The van der Waals surface area contributed by atoms with Gasteiger partial charge in [-0.05, 0) is 37.7 Å². The average molecular weight is 427 g/mol. The first-order valence-corrected chi connectivity index (χ1v) is 10.6. The Morgan fingerprint density at radius 2 is 1.77 bits per heavy atom. The molecule has 1 atom stereocenters. The van der Waals surface area contributed by atoms with E-state index < -0.39 is 17.7 Å². The van der Waals surface area contributed by atoms with Crippen LogP contribution in [0.15, 0.2) is 54.1 Å². The van der Waals surface area contributed by atoms with E-state index in [0.717, 1.165) is 18.7 Å². The van der Waals surface area contributed by atoms with Crippen LogP contribution in [0.4, 0.5) is 0 Å². The van der Waals surface area contributed by atoms with Crippen molar-refractivity contribution in [2.75, 3.05) is 26.2 Å². The molecule has 3 rings (SSSR count). The van der Waals surface area contributed by atoms with Crippen LogP contribution in [0.2, 0.25) is 5.02 Å². The zero-order valence-electron chi connectivity index (χ0n) is 17.6. The van der Waals surface area contributed by atoms with Crippen molar-refractivity contribution in [2.24, 2.45) is 0 Å². The van der Waals surface area contributed by atoms with Gasteiger partial charge in [-0.2, -0.15) is 0 Å². The van der Waals surface area contributed by atoms with Crippen molar-refractivity contribution in [1.29, 1.82) is 0 Å². The number of hydrogen-bond donors (Lipinski definition) is 1. The van der Waals surface area contributed by atoms with Crippen LogP contribution in [0, 0.1) is 6.92 Å². The maximum atomic E-state index is 13.0. The van der Waals surface area contributed by atoms with E-state index >= 15 is 0 Å². The van der Waals surface area contributed by atoms with Gasteiger partial charge in [0.2, 0.25) is 0 Å². The molecule has 0 saturated carbocycles. The molecule has 2 aromatic rings. The van der Waals surface area contributed by atoms with Crippen molar-refractivity contribution in [1.82, 2.24) is 9.80 Å². The van der Waals surface area contributed by atoms with E-state index in [1.54, 1.807) is 35.2 Å². The number of amides is 1. The van der Waals surface area contributed by atoms with Crippen molar-refractivity contribution < 1.29 is 14.7 Å². The van der Waals surface area contributed by atoms with Crippen molar-refractivity contribution >= 4 is 29.1 Å². The van der Waals surface area contributed by atoms with Crippen LogP contribution in [0.3, 0.4) is 0 Å². The Balaban J connectivity index is 2.09. The fourth-order valence-corrected chi connectivity index (χ4v) is 3.99. The molecule has 1 amide bonds. The zero-order valence-corrected chi connectivity index (χ0v) is 18.3. The first kappa shape index (κ1) is 22.1. The molecule has 2 aromatic carbocycles. The van der Waals surface area contributed by atoms with Gasteiger partial charge >= 0.3 is 0 Å². The van der Waals surface area contributed by atoms with Crippen molar-refractivity contribution in [2.45, 2.75) is 26.8 Å². The summed E-state index contributed by atoms with van der Waals surface area (Å²) in [5.74, 6) is -1.43. The van der Waals surface area contributed by atoms with Gasteiger partial charge in [-0.25, -0.2) is 0 Å². The first-order valence-electron chi connectivity index (χ1n) is 10.2. The van der Waals surface area contributed by atoms with Gasteiger partial charge in [0.25, 0.3) is 11.7 Å². The third kappa shape index (κ3) is 4.42. The summed E-state index contributed by atoms with van der Waals surface area (Å²) in [6.07, 6.45) is 0. The number of rotatable bonds is 7. The molecular weight excluding hydrogens is 400 g/mol. The predicted molar refractivity (Wildman–Crippen MR) is 119 cm³/mol. The average Bonchev–Trinajstić information content (AvgIpc) is 2.99. The van der Waals surface area contributed by atoms with Crippen LogP contribution in [0.5, 0.6) is 0 Å². The molecule has 0 aliphatic carbocycles. The van der Waals surface area contributed by atoms with E-state index in [2.05, 4.69) is 18.7 Å². The van der Waals surface area contributed by atoms with Gasteiger partial charge in [-0.3, -0.25) is 9.59 Å². The number of ketones is 1. The van der Waals surface area contributed by atoms with Crippen molar-refractivity contribution in [3.63, 3.8) is 0 Å². The number of aryl methyl sites for hydroxylation is 1. The number of likely N-dealkylation sites (N-methyl/N-ethyl adjacent to an activating group) is 1. The lowest BCUT2D eigenvalue weighted by Gasteiger charge is -2.28. The van der Waals surface area contributed by atoms with E-state index in [-0.39, 0.29) is 11.3 Å². The third-order valence-corrected chi connectivity index (χ3v) is 5.82. The predicted octanol–water partition coefficient (Wildman–Crippen LogP) is 4.41. The highest BCUT2D eigenvalue weighted by atomic mass is 35.5. The van der Waals surface area contributed by atoms with Gasteiger partial charge in [0.15, 0.2) is 0 Å². The van der Waals surface area contributed by atoms with Crippen LogP contribution in [0.1, 0.15) is 36.6 Å². The lowest BCUT2D eigenvalue weighted by Crippen LogP contribution is -2.38. The van der Waals surface area contributed by atoms with Gasteiger partial charge in [0.1, 0.15) is 5.76 Å². The molecule has 0 bridgehead atoms. The van der Waals surface area contributed by atoms with Crippen LogP contribution >= 0.6 is 11.6 Å². The summed E-state index contributed by atoms with van der Waals surface area (Å²) in [6, 6.07) is 13.6. The maximum Gasteiger partial charge on any atom is 0.295 e. The monoisotopic (exact) mass is 426 g/mol. The number of aliphatic hydroxyl groups is 1. The lowest BCUT2D eigenvalue weighted by molar-refractivity contribution is -0.140. The molecule has 1 saturated heterocycles. The molecule has 30 heavy (non-hydrogen) atoms. The van der Waals surface area contributed by atoms with E-state index in [1.807, 2.05) is 25.1 Å². The lowest BCUT2D eigenvalue weighted by atomic mass is 9.95. The molecule has 0 spiro atoms. The van der Waals surface area contributed by atoms with Gasteiger partial charge in [-0.1, -0.05) is 67.4 Å². The Morgan fingerprint density at radius 3 is 2.37 bits per heavy atom. The Morgan fingerprint density at radius 1 is 1.10 bits per heavy atom. The Labute approximate surface area is 182 Å². The molecule has 158 valence electrons. The maximum absolute atomic E-state index is 13.0. The Kier molecular flexibility index (Phi) is 6.95. The summed E-state index contributed by atoms with van der Waals surface area (Å²) in [5, 5.41) is 11.5. The van der Waals surface area contributed by atoms with Gasteiger partial charge < -0.3 is 14.9 Å². The summed E-state index contributed by atoms with van der Waals surface area (Å²) >= 11 is 6.20. The highest BCUT2D eigenvalue weighted by Crippen LogP contribution is 2.39. The fraction of sp³-hybridized carbons (Fsp3) is 0.333. The summed E-state index contributed by atoms with van der Waals surface area (Å²) in [7, 11) is 0. The molecule has 0 radical (unpaired) electrons. The van der Waals surface area contributed by atoms with Crippen LogP contribution in [-0.2, 0) is 9.59 Å². The van der Waals surface area contributed by atoms with Gasteiger partial charge in [-0.15, -0.1) is 0 Å². The van der Waals surface area contributed by atoms with E-state index in [4.69, 9.17) is 11.6 Å². The number of benzene rings is 2. The first-order chi connectivity index (χ1) is 14.4. The number of halogens is 1. The highest BCUT2D eigenvalue weighted by Gasteiger charge is 2.46. The number of nitrogens with zero attached hydrogens (tertiary/aromatic N) is 2. The SMILES string of the molecule is CCN(CC)CCN1C(=O)C(=O)/C(=C(\O)c2ccc(C)cc2)C1c1cccc(Cl)c1. The molecular formula is C24H27ClN2O3. The smallest absolute Gasteiger partial charge is 0.295 e. The molecule has 5 nitrogen and oxygen atoms in total. The number of carbonyl (C=O) groups is 2. The summed E-state index contributed by atoms with van der Waals surface area (Å²) in [6.45, 7) is 8.79. The molecule has 1 N–H and O–H groups in total. The van der Waals surface area contributed by atoms with E-state index in [9.17, 15) is 14.7 Å². The number of hydrogen-bond acceptors (Lipinski definition) is 4. The van der Waals surface area contributed by atoms with Crippen molar-refractivity contribution in [3.8, 4) is 0 Å². The second-order valence-electron chi connectivity index (χ2n) is 7.44. The standard InChI is InChI=1S/C24H27ClN2O3/c1-4-26(5-2)13-14-27-21(18-7-6-8-19(25)15-18)20(23(29)24(27)30)22(28)17-11-9-16(3)10-12-17/h6-12,15,21,28H,4-5,13-14H2,1-3H3/b22-20-. The molecule has 1 heterocycles. The second kappa shape index (κ2) is 9.45.